The van der Waals surface area contributed by atoms with E-state index in [4.69, 9.17) is 21.9 Å². The predicted octanol–water partition coefficient (Wildman–Crippen LogP) is 3.78. The van der Waals surface area contributed by atoms with Crippen molar-refractivity contribution in [3.63, 3.8) is 0 Å². The summed E-state index contributed by atoms with van der Waals surface area (Å²) >= 11 is 5.98. The molecule has 3 rings (SSSR count). The van der Waals surface area contributed by atoms with E-state index in [1.165, 1.54) is 6.07 Å². The Labute approximate surface area is 119 Å². The van der Waals surface area contributed by atoms with E-state index in [9.17, 15) is 4.39 Å². The van der Waals surface area contributed by atoms with Crippen LogP contribution in [-0.4, -0.2) is 10.1 Å². The Hall–Kier alpha value is -2.40. The Morgan fingerprint density at radius 3 is 2.65 bits per heavy atom. The predicted molar refractivity (Wildman–Crippen MR) is 74.6 cm³/mol. The van der Waals surface area contributed by atoms with Crippen LogP contribution in [0.5, 0.6) is 0 Å². The topological polar surface area (TPSA) is 64.9 Å². The molecule has 2 heterocycles. The van der Waals surface area contributed by atoms with Crippen molar-refractivity contribution < 1.29 is 8.91 Å². The summed E-state index contributed by atoms with van der Waals surface area (Å²) in [7, 11) is 0. The van der Waals surface area contributed by atoms with Gasteiger partial charge in [0.15, 0.2) is 11.6 Å². The Balaban J connectivity index is 2.24. The van der Waals surface area contributed by atoms with E-state index < -0.39 is 5.82 Å². The molecule has 0 amide bonds. The molecule has 0 saturated carbocycles. The van der Waals surface area contributed by atoms with Crippen LogP contribution in [0.4, 0.5) is 10.2 Å². The highest BCUT2D eigenvalue weighted by atomic mass is 35.5. The lowest BCUT2D eigenvalue weighted by Crippen LogP contribution is -1.90. The molecular formula is C14H9ClFN3O. The first kappa shape index (κ1) is 12.6. The quantitative estimate of drug-likeness (QED) is 0.780. The van der Waals surface area contributed by atoms with E-state index in [2.05, 4.69) is 10.1 Å². The molecule has 2 aromatic heterocycles. The number of nitrogens with two attached hydrogens (primary N) is 1. The van der Waals surface area contributed by atoms with E-state index in [0.29, 0.717) is 16.9 Å². The van der Waals surface area contributed by atoms with Crippen LogP contribution >= 0.6 is 11.6 Å². The molecule has 1 aromatic carbocycles. The monoisotopic (exact) mass is 289 g/mol. The lowest BCUT2D eigenvalue weighted by molar-refractivity contribution is 0.436. The van der Waals surface area contributed by atoms with Gasteiger partial charge in [-0.2, -0.15) is 0 Å². The molecule has 0 aliphatic heterocycles. The van der Waals surface area contributed by atoms with Crippen molar-refractivity contribution in [3.8, 4) is 22.5 Å². The van der Waals surface area contributed by atoms with Crippen molar-refractivity contribution >= 4 is 17.4 Å². The second-order valence-electron chi connectivity index (χ2n) is 4.11. The summed E-state index contributed by atoms with van der Waals surface area (Å²) in [6.45, 7) is 0. The number of anilines is 1. The van der Waals surface area contributed by atoms with Gasteiger partial charge in [0.2, 0.25) is 0 Å². The summed E-state index contributed by atoms with van der Waals surface area (Å²) in [5, 5.41) is 3.71. The highest BCUT2D eigenvalue weighted by Gasteiger charge is 2.20. The zero-order valence-corrected chi connectivity index (χ0v) is 10.9. The zero-order chi connectivity index (χ0) is 14.1. The van der Waals surface area contributed by atoms with Gasteiger partial charge in [-0.3, -0.25) is 4.98 Å². The van der Waals surface area contributed by atoms with Crippen molar-refractivity contribution in [3.05, 3.63) is 53.6 Å². The molecule has 0 unspecified atom stereocenters. The SMILES string of the molecule is Nc1noc(-c2cccc(F)c2Cl)c1-c1ccncc1. The number of hydrogen-bond donors (Lipinski definition) is 1. The van der Waals surface area contributed by atoms with Gasteiger partial charge in [0.25, 0.3) is 0 Å². The largest absolute Gasteiger partial charge is 0.380 e. The third-order valence-corrected chi connectivity index (χ3v) is 3.27. The molecule has 3 aromatic rings. The third-order valence-electron chi connectivity index (χ3n) is 2.88. The molecule has 0 radical (unpaired) electrons. The van der Waals surface area contributed by atoms with Crippen molar-refractivity contribution in [2.45, 2.75) is 0 Å². The minimum Gasteiger partial charge on any atom is -0.380 e. The minimum absolute atomic E-state index is 0.0287. The second kappa shape index (κ2) is 4.94. The molecule has 0 spiro atoms. The molecule has 20 heavy (non-hydrogen) atoms. The molecule has 0 fully saturated rings. The van der Waals surface area contributed by atoms with E-state index >= 15 is 0 Å². The fraction of sp³-hybridized carbons (Fsp3) is 0. The maximum Gasteiger partial charge on any atom is 0.178 e. The average Bonchev–Trinajstić information content (AvgIpc) is 2.84. The maximum atomic E-state index is 13.6. The summed E-state index contributed by atoms with van der Waals surface area (Å²) in [4.78, 5) is 3.94. The number of benzene rings is 1. The number of halogens is 2. The number of pyridine rings is 1. The van der Waals surface area contributed by atoms with E-state index in [-0.39, 0.29) is 10.8 Å². The van der Waals surface area contributed by atoms with Crippen LogP contribution in [0, 0.1) is 5.82 Å². The fourth-order valence-corrected chi connectivity index (χ4v) is 2.17. The van der Waals surface area contributed by atoms with Crippen LogP contribution in [0.15, 0.2) is 47.2 Å². The first-order chi connectivity index (χ1) is 9.68. The Morgan fingerprint density at radius 1 is 1.15 bits per heavy atom. The lowest BCUT2D eigenvalue weighted by atomic mass is 10.0. The van der Waals surface area contributed by atoms with E-state index in [1.807, 2.05) is 0 Å². The number of aromatic nitrogens is 2. The first-order valence-corrected chi connectivity index (χ1v) is 6.16. The van der Waals surface area contributed by atoms with Gasteiger partial charge in [0, 0.05) is 18.0 Å². The van der Waals surface area contributed by atoms with Crippen molar-refractivity contribution in [1.82, 2.24) is 10.1 Å². The molecule has 0 atom stereocenters. The summed E-state index contributed by atoms with van der Waals surface area (Å²) in [6, 6.07) is 8.00. The number of hydrogen-bond acceptors (Lipinski definition) is 4. The zero-order valence-electron chi connectivity index (χ0n) is 10.2. The van der Waals surface area contributed by atoms with Gasteiger partial charge < -0.3 is 10.3 Å². The molecule has 0 aliphatic rings. The number of nitrogens with zero attached hydrogens (tertiary/aromatic N) is 2. The van der Waals surface area contributed by atoms with Crippen LogP contribution in [0.25, 0.3) is 22.5 Å². The normalized spacial score (nSPS) is 10.7. The molecule has 0 bridgehead atoms. The molecular weight excluding hydrogens is 281 g/mol. The highest BCUT2D eigenvalue weighted by Crippen LogP contribution is 2.39. The lowest BCUT2D eigenvalue weighted by Gasteiger charge is -2.04. The van der Waals surface area contributed by atoms with Gasteiger partial charge in [-0.15, -0.1) is 0 Å². The van der Waals surface area contributed by atoms with Crippen LogP contribution in [0.1, 0.15) is 0 Å². The number of rotatable bonds is 2. The first-order valence-electron chi connectivity index (χ1n) is 5.78. The fourth-order valence-electron chi connectivity index (χ4n) is 1.96. The molecule has 4 nitrogen and oxygen atoms in total. The molecule has 0 aliphatic carbocycles. The second-order valence-corrected chi connectivity index (χ2v) is 4.49. The molecule has 0 saturated heterocycles. The van der Waals surface area contributed by atoms with Crippen LogP contribution in [0.2, 0.25) is 5.02 Å². The summed E-state index contributed by atoms with van der Waals surface area (Å²) in [5.41, 5.74) is 7.58. The summed E-state index contributed by atoms with van der Waals surface area (Å²) < 4.78 is 18.8. The van der Waals surface area contributed by atoms with Gasteiger partial charge in [0.1, 0.15) is 5.82 Å². The standard InChI is InChI=1S/C14H9ClFN3O/c15-12-9(2-1-3-10(12)16)13-11(14(17)19-20-13)8-4-6-18-7-5-8/h1-7H,(H2,17,19). The van der Waals surface area contributed by atoms with E-state index in [0.717, 1.165) is 5.56 Å². The van der Waals surface area contributed by atoms with Gasteiger partial charge in [-0.1, -0.05) is 22.8 Å². The van der Waals surface area contributed by atoms with Crippen molar-refractivity contribution in [1.29, 1.82) is 0 Å². The molecule has 2 N–H and O–H groups in total. The smallest absolute Gasteiger partial charge is 0.178 e. The van der Waals surface area contributed by atoms with Crippen molar-refractivity contribution in [2.24, 2.45) is 0 Å². The molecule has 100 valence electrons. The third kappa shape index (κ3) is 2.02. The van der Waals surface area contributed by atoms with Gasteiger partial charge in [0.05, 0.1) is 10.6 Å². The van der Waals surface area contributed by atoms with E-state index in [1.54, 1.807) is 36.7 Å². The van der Waals surface area contributed by atoms with Crippen LogP contribution in [0.3, 0.4) is 0 Å². The van der Waals surface area contributed by atoms with Crippen LogP contribution < -0.4 is 5.73 Å². The summed E-state index contributed by atoms with van der Waals surface area (Å²) in [6.07, 6.45) is 3.25. The summed E-state index contributed by atoms with van der Waals surface area (Å²) in [5.74, 6) is 0.0181. The van der Waals surface area contributed by atoms with Gasteiger partial charge >= 0.3 is 0 Å². The minimum atomic E-state index is -0.528. The Bertz CT molecular complexity index is 758. The van der Waals surface area contributed by atoms with Gasteiger partial charge in [-0.25, -0.2) is 4.39 Å². The van der Waals surface area contributed by atoms with Gasteiger partial charge in [-0.05, 0) is 29.8 Å². The number of nitrogen functional groups attached to an aromatic ring is 1. The molecule has 6 heteroatoms. The highest BCUT2D eigenvalue weighted by molar-refractivity contribution is 6.33. The van der Waals surface area contributed by atoms with Crippen LogP contribution in [-0.2, 0) is 0 Å². The maximum absolute atomic E-state index is 13.6. The average molecular weight is 290 g/mol. The van der Waals surface area contributed by atoms with Crippen molar-refractivity contribution in [2.75, 3.05) is 5.73 Å². The Morgan fingerprint density at radius 2 is 1.90 bits per heavy atom. The Kier molecular flexibility index (Phi) is 3.12.